The molecule has 1 N–H and O–H groups in total. The lowest BCUT2D eigenvalue weighted by Gasteiger charge is -2.35. The minimum Gasteiger partial charge on any atom is -0.385 e. The zero-order valence-corrected chi connectivity index (χ0v) is 18.0. The molecule has 1 saturated heterocycles. The highest BCUT2D eigenvalue weighted by Gasteiger charge is 2.20. The van der Waals surface area contributed by atoms with Crippen molar-refractivity contribution < 1.29 is 0 Å². The Morgan fingerprint density at radius 1 is 1.10 bits per heavy atom. The van der Waals surface area contributed by atoms with E-state index in [2.05, 4.69) is 64.5 Å². The monoisotopic (exact) mass is 406 g/mol. The zero-order valence-electron chi connectivity index (χ0n) is 17.2. The molecule has 4 nitrogen and oxygen atoms in total. The van der Waals surface area contributed by atoms with Crippen LogP contribution in [0, 0.1) is 0 Å². The molecule has 1 aromatic heterocycles. The number of hydrogen-bond donors (Lipinski definition) is 1. The molecule has 29 heavy (non-hydrogen) atoms. The molecule has 0 saturated carbocycles. The first kappa shape index (κ1) is 18.9. The van der Waals surface area contributed by atoms with Crippen LogP contribution in [-0.4, -0.2) is 48.5 Å². The second kappa shape index (κ2) is 8.33. The molecular weight excluding hydrogens is 376 g/mol. The average Bonchev–Trinajstić information content (AvgIpc) is 3.19. The molecule has 2 aliphatic rings. The number of anilines is 2. The van der Waals surface area contributed by atoms with Gasteiger partial charge in [0.05, 0.1) is 4.70 Å². The van der Waals surface area contributed by atoms with Gasteiger partial charge in [0.25, 0.3) is 0 Å². The maximum atomic E-state index is 4.73. The van der Waals surface area contributed by atoms with E-state index in [1.165, 1.54) is 58.5 Å². The quantitative estimate of drug-likeness (QED) is 0.648. The fraction of sp³-hybridized carbons (Fsp3) is 0.458. The molecule has 152 valence electrons. The predicted octanol–water partition coefficient (Wildman–Crippen LogP) is 4.97. The molecule has 0 amide bonds. The van der Waals surface area contributed by atoms with Gasteiger partial charge in [-0.15, -0.1) is 0 Å². The Kier molecular flexibility index (Phi) is 5.42. The van der Waals surface area contributed by atoms with Gasteiger partial charge < -0.3 is 10.2 Å². The predicted molar refractivity (Wildman–Crippen MR) is 125 cm³/mol. The third kappa shape index (κ3) is 3.99. The van der Waals surface area contributed by atoms with Gasteiger partial charge in [-0.1, -0.05) is 31.2 Å². The summed E-state index contributed by atoms with van der Waals surface area (Å²) in [6.45, 7) is 9.08. The SMILES string of the molecule is CC1CCNc2ccc(CCCN3CCN(c4nsc5ccccc45)CC3)cc21. The third-order valence-corrected chi connectivity index (χ3v) is 7.33. The van der Waals surface area contributed by atoms with E-state index in [1.807, 2.05) is 0 Å². The molecule has 3 aromatic rings. The fourth-order valence-corrected chi connectivity index (χ4v) is 5.50. The molecule has 5 heteroatoms. The van der Waals surface area contributed by atoms with E-state index in [0.29, 0.717) is 5.92 Å². The highest BCUT2D eigenvalue weighted by atomic mass is 32.1. The highest BCUT2D eigenvalue weighted by molar-refractivity contribution is 7.13. The lowest BCUT2D eigenvalue weighted by Crippen LogP contribution is -2.46. The molecule has 0 aliphatic carbocycles. The molecular formula is C24H30N4S. The summed E-state index contributed by atoms with van der Waals surface area (Å²) in [6.07, 6.45) is 3.66. The van der Waals surface area contributed by atoms with Crippen LogP contribution in [0.25, 0.3) is 10.1 Å². The third-order valence-electron chi connectivity index (χ3n) is 6.51. The Labute approximate surface area is 177 Å². The van der Waals surface area contributed by atoms with Crippen molar-refractivity contribution in [2.45, 2.75) is 32.1 Å². The summed E-state index contributed by atoms with van der Waals surface area (Å²) in [5.74, 6) is 1.86. The number of piperazine rings is 1. The standard InChI is InChI=1S/C24H30N4S/c1-18-10-11-25-22-9-8-19(17-21(18)22)5-4-12-27-13-15-28(16-14-27)24-20-6-2-3-7-23(20)29-26-24/h2-3,6-9,17-18,25H,4-5,10-16H2,1H3. The number of nitrogens with one attached hydrogen (secondary N) is 1. The number of aromatic nitrogens is 1. The molecule has 0 spiro atoms. The summed E-state index contributed by atoms with van der Waals surface area (Å²) in [4.78, 5) is 5.08. The van der Waals surface area contributed by atoms with Gasteiger partial charge in [-0.05, 0) is 72.6 Å². The summed E-state index contributed by atoms with van der Waals surface area (Å²) in [5.41, 5.74) is 4.35. The summed E-state index contributed by atoms with van der Waals surface area (Å²) in [5, 5.41) is 4.84. The van der Waals surface area contributed by atoms with Crippen LogP contribution >= 0.6 is 11.5 Å². The summed E-state index contributed by atoms with van der Waals surface area (Å²) in [7, 11) is 0. The molecule has 1 atom stereocenters. The van der Waals surface area contributed by atoms with Crippen LogP contribution in [0.1, 0.15) is 36.8 Å². The van der Waals surface area contributed by atoms with E-state index in [9.17, 15) is 0 Å². The first-order valence-electron chi connectivity index (χ1n) is 11.0. The van der Waals surface area contributed by atoms with E-state index < -0.39 is 0 Å². The molecule has 2 aliphatic heterocycles. The first-order valence-corrected chi connectivity index (χ1v) is 11.7. The normalized spacial score (nSPS) is 19.9. The molecule has 5 rings (SSSR count). The molecule has 2 aromatic carbocycles. The Balaban J connectivity index is 1.13. The van der Waals surface area contributed by atoms with Crippen molar-refractivity contribution in [3.8, 4) is 0 Å². The number of aryl methyl sites for hydroxylation is 1. The van der Waals surface area contributed by atoms with Crippen LogP contribution < -0.4 is 10.2 Å². The molecule has 1 fully saturated rings. The van der Waals surface area contributed by atoms with Crippen LogP contribution in [0.3, 0.4) is 0 Å². The van der Waals surface area contributed by atoms with E-state index in [-0.39, 0.29) is 0 Å². The van der Waals surface area contributed by atoms with Crippen molar-refractivity contribution >= 4 is 33.1 Å². The van der Waals surface area contributed by atoms with Crippen LogP contribution in [0.2, 0.25) is 0 Å². The number of hydrogen-bond acceptors (Lipinski definition) is 5. The molecule has 3 heterocycles. The van der Waals surface area contributed by atoms with Gasteiger partial charge in [0.2, 0.25) is 0 Å². The van der Waals surface area contributed by atoms with Crippen LogP contribution in [0.15, 0.2) is 42.5 Å². The van der Waals surface area contributed by atoms with Gasteiger partial charge in [-0.25, -0.2) is 0 Å². The maximum Gasteiger partial charge on any atom is 0.150 e. The summed E-state index contributed by atoms with van der Waals surface area (Å²) >= 11 is 1.62. The second-order valence-electron chi connectivity index (χ2n) is 8.47. The number of benzene rings is 2. The van der Waals surface area contributed by atoms with Crippen molar-refractivity contribution in [1.82, 2.24) is 9.27 Å². The topological polar surface area (TPSA) is 31.4 Å². The van der Waals surface area contributed by atoms with Gasteiger partial charge in [-0.2, -0.15) is 4.37 Å². The first-order chi connectivity index (χ1) is 14.3. The van der Waals surface area contributed by atoms with Crippen molar-refractivity contribution in [3.63, 3.8) is 0 Å². The molecule has 1 unspecified atom stereocenters. The Hall–Kier alpha value is -2.11. The van der Waals surface area contributed by atoms with E-state index in [1.54, 1.807) is 11.5 Å². The smallest absolute Gasteiger partial charge is 0.150 e. The van der Waals surface area contributed by atoms with Gasteiger partial charge in [0.1, 0.15) is 5.82 Å². The average molecular weight is 407 g/mol. The molecule has 0 radical (unpaired) electrons. The van der Waals surface area contributed by atoms with Crippen molar-refractivity contribution in [2.75, 3.05) is 49.5 Å². The van der Waals surface area contributed by atoms with E-state index in [4.69, 9.17) is 4.37 Å². The lowest BCUT2D eigenvalue weighted by molar-refractivity contribution is 0.255. The summed E-state index contributed by atoms with van der Waals surface area (Å²) < 4.78 is 6.02. The van der Waals surface area contributed by atoms with Gasteiger partial charge in [0, 0.05) is 43.8 Å². The Morgan fingerprint density at radius 2 is 1.97 bits per heavy atom. The van der Waals surface area contributed by atoms with Crippen LogP contribution in [-0.2, 0) is 6.42 Å². The van der Waals surface area contributed by atoms with Gasteiger partial charge in [0.15, 0.2) is 0 Å². The van der Waals surface area contributed by atoms with Crippen molar-refractivity contribution in [1.29, 1.82) is 0 Å². The fourth-order valence-electron chi connectivity index (χ4n) is 4.71. The Morgan fingerprint density at radius 3 is 2.86 bits per heavy atom. The number of fused-ring (bicyclic) bond motifs is 2. The second-order valence-corrected chi connectivity index (χ2v) is 9.28. The van der Waals surface area contributed by atoms with Crippen molar-refractivity contribution in [2.24, 2.45) is 0 Å². The minimum absolute atomic E-state index is 0.682. The van der Waals surface area contributed by atoms with Gasteiger partial charge in [-0.3, -0.25) is 4.90 Å². The zero-order chi connectivity index (χ0) is 19.6. The van der Waals surface area contributed by atoms with E-state index in [0.717, 1.165) is 32.7 Å². The largest absolute Gasteiger partial charge is 0.385 e. The van der Waals surface area contributed by atoms with Crippen LogP contribution in [0.5, 0.6) is 0 Å². The number of nitrogens with zero attached hydrogens (tertiary/aromatic N) is 3. The highest BCUT2D eigenvalue weighted by Crippen LogP contribution is 2.32. The molecule has 0 bridgehead atoms. The van der Waals surface area contributed by atoms with Crippen molar-refractivity contribution in [3.05, 3.63) is 53.6 Å². The lowest BCUT2D eigenvalue weighted by atomic mass is 9.90. The Bertz CT molecular complexity index is 974. The van der Waals surface area contributed by atoms with E-state index >= 15 is 0 Å². The van der Waals surface area contributed by atoms with Gasteiger partial charge >= 0.3 is 0 Å². The maximum absolute atomic E-state index is 4.73. The minimum atomic E-state index is 0.682. The summed E-state index contributed by atoms with van der Waals surface area (Å²) in [6, 6.07) is 15.6. The van der Waals surface area contributed by atoms with Crippen LogP contribution in [0.4, 0.5) is 11.5 Å². The number of rotatable bonds is 5.